The van der Waals surface area contributed by atoms with Gasteiger partial charge in [0.25, 0.3) is 5.91 Å². The highest BCUT2D eigenvalue weighted by Crippen LogP contribution is 2.35. The predicted molar refractivity (Wildman–Crippen MR) is 124 cm³/mol. The van der Waals surface area contributed by atoms with Crippen molar-refractivity contribution in [1.82, 2.24) is 8.61 Å². The van der Waals surface area contributed by atoms with Gasteiger partial charge in [-0.2, -0.15) is 8.61 Å². The molecule has 32 heavy (non-hydrogen) atoms. The Morgan fingerprint density at radius 3 is 2.38 bits per heavy atom. The number of benzene rings is 1. The van der Waals surface area contributed by atoms with E-state index in [1.54, 1.807) is 36.3 Å². The number of sulfonamides is 2. The summed E-state index contributed by atoms with van der Waals surface area (Å²) in [5.74, 6) is -0.365. The van der Waals surface area contributed by atoms with E-state index >= 15 is 0 Å². The Hall–Kier alpha value is -1.79. The zero-order chi connectivity index (χ0) is 23.1. The van der Waals surface area contributed by atoms with E-state index in [1.807, 2.05) is 0 Å². The molecule has 0 spiro atoms. The van der Waals surface area contributed by atoms with Crippen LogP contribution in [0.2, 0.25) is 0 Å². The van der Waals surface area contributed by atoms with Crippen LogP contribution in [0, 0.1) is 0 Å². The summed E-state index contributed by atoms with van der Waals surface area (Å²) in [6.07, 6.45) is 2.16. The molecule has 0 atom stereocenters. The number of amides is 1. The molecule has 0 aliphatic carbocycles. The minimum absolute atomic E-state index is 0.0589. The molecule has 174 valence electrons. The van der Waals surface area contributed by atoms with E-state index in [0.29, 0.717) is 44.8 Å². The summed E-state index contributed by atoms with van der Waals surface area (Å²) < 4.78 is 54.6. The molecule has 0 saturated carbocycles. The second-order valence-corrected chi connectivity index (χ2v) is 12.6. The van der Waals surface area contributed by atoms with Crippen LogP contribution in [0.25, 0.3) is 0 Å². The molecule has 0 N–H and O–H groups in total. The van der Waals surface area contributed by atoms with Crippen LogP contribution in [-0.4, -0.2) is 64.1 Å². The summed E-state index contributed by atoms with van der Waals surface area (Å²) in [6, 6.07) is 6.31. The highest BCUT2D eigenvalue weighted by Gasteiger charge is 2.35. The molecule has 0 unspecified atom stereocenters. The fourth-order valence-electron chi connectivity index (χ4n) is 4.31. The van der Waals surface area contributed by atoms with Crippen molar-refractivity contribution in [3.63, 3.8) is 0 Å². The lowest BCUT2D eigenvalue weighted by atomic mass is 10.2. The first kappa shape index (κ1) is 23.4. The molecular formula is C21H27N3O5S3. The lowest BCUT2D eigenvalue weighted by Gasteiger charge is -2.21. The van der Waals surface area contributed by atoms with Gasteiger partial charge in [0, 0.05) is 38.4 Å². The number of hydrogen-bond acceptors (Lipinski definition) is 6. The van der Waals surface area contributed by atoms with Gasteiger partial charge < -0.3 is 4.90 Å². The van der Waals surface area contributed by atoms with E-state index in [9.17, 15) is 21.6 Å². The van der Waals surface area contributed by atoms with Gasteiger partial charge in [-0.25, -0.2) is 16.8 Å². The minimum atomic E-state index is -3.71. The van der Waals surface area contributed by atoms with Crippen LogP contribution in [-0.2, 0) is 26.5 Å². The molecule has 1 aromatic carbocycles. The third kappa shape index (κ3) is 3.90. The molecule has 3 heterocycles. The van der Waals surface area contributed by atoms with Gasteiger partial charge in [-0.1, -0.05) is 13.8 Å². The third-order valence-corrected chi connectivity index (χ3v) is 11.1. The topological polar surface area (TPSA) is 95.1 Å². The first-order valence-corrected chi connectivity index (χ1v) is 14.5. The van der Waals surface area contributed by atoms with Crippen molar-refractivity contribution >= 4 is 43.0 Å². The summed E-state index contributed by atoms with van der Waals surface area (Å²) in [5, 5.41) is 1.63. The standard InChI is InChI=1S/C21H27N3O5S3/c1-3-22(4-2)31(26,27)17-7-8-18-16(15-17)9-13-24(18)21(25)20-19(10-14-30-20)32(28,29)23-11-5-6-12-23/h7-8,10,14-15H,3-6,9,11-13H2,1-2H3. The van der Waals surface area contributed by atoms with Gasteiger partial charge in [-0.3, -0.25) is 4.79 Å². The lowest BCUT2D eigenvalue weighted by molar-refractivity contribution is 0.0990. The molecule has 11 heteroatoms. The van der Waals surface area contributed by atoms with Crippen molar-refractivity contribution in [3.8, 4) is 0 Å². The molecule has 1 fully saturated rings. The normalized spacial score (nSPS) is 17.3. The fourth-order valence-corrected chi connectivity index (χ4v) is 8.68. The Bertz CT molecular complexity index is 1230. The zero-order valence-corrected chi connectivity index (χ0v) is 20.6. The summed E-state index contributed by atoms with van der Waals surface area (Å²) in [6.45, 7) is 5.68. The molecule has 1 aromatic heterocycles. The first-order valence-electron chi connectivity index (χ1n) is 10.7. The second kappa shape index (κ2) is 8.86. The average molecular weight is 498 g/mol. The van der Waals surface area contributed by atoms with E-state index in [0.717, 1.165) is 29.7 Å². The summed E-state index contributed by atoms with van der Waals surface area (Å²) in [5.41, 5.74) is 1.40. The average Bonchev–Trinajstić information content (AvgIpc) is 3.54. The Morgan fingerprint density at radius 2 is 1.72 bits per heavy atom. The molecule has 1 saturated heterocycles. The van der Waals surface area contributed by atoms with Gasteiger partial charge in [0.2, 0.25) is 20.0 Å². The molecule has 2 aliphatic heterocycles. The highest BCUT2D eigenvalue weighted by atomic mass is 32.2. The van der Waals surface area contributed by atoms with Crippen LogP contribution >= 0.6 is 11.3 Å². The van der Waals surface area contributed by atoms with Crippen molar-refractivity contribution in [3.05, 3.63) is 40.1 Å². The van der Waals surface area contributed by atoms with Crippen LogP contribution in [0.4, 0.5) is 5.69 Å². The molecule has 1 amide bonds. The van der Waals surface area contributed by atoms with Gasteiger partial charge in [0.05, 0.1) is 4.90 Å². The van der Waals surface area contributed by atoms with Crippen molar-refractivity contribution in [1.29, 1.82) is 0 Å². The molecule has 4 rings (SSSR count). The Balaban J connectivity index is 1.64. The SMILES string of the molecule is CCN(CC)S(=O)(=O)c1ccc2c(c1)CCN2C(=O)c1sccc1S(=O)(=O)N1CCCC1. The van der Waals surface area contributed by atoms with E-state index in [2.05, 4.69) is 0 Å². The first-order chi connectivity index (χ1) is 15.2. The summed E-state index contributed by atoms with van der Waals surface area (Å²) in [4.78, 5) is 15.4. The zero-order valence-electron chi connectivity index (χ0n) is 18.2. The molecule has 2 aromatic rings. The third-order valence-electron chi connectivity index (χ3n) is 6.04. The second-order valence-electron chi connectivity index (χ2n) is 7.81. The molecule has 0 bridgehead atoms. The van der Waals surface area contributed by atoms with Crippen LogP contribution < -0.4 is 4.90 Å². The number of carbonyl (C=O) groups excluding carboxylic acids is 1. The van der Waals surface area contributed by atoms with Gasteiger partial charge in [-0.05, 0) is 54.5 Å². The predicted octanol–water partition coefficient (Wildman–Crippen LogP) is 2.77. The summed E-state index contributed by atoms with van der Waals surface area (Å²) >= 11 is 1.12. The van der Waals surface area contributed by atoms with E-state index in [-0.39, 0.29) is 20.6 Å². The lowest BCUT2D eigenvalue weighted by Crippen LogP contribution is -2.32. The smallest absolute Gasteiger partial charge is 0.269 e. The van der Waals surface area contributed by atoms with Crippen molar-refractivity contribution in [2.24, 2.45) is 0 Å². The molecule has 0 radical (unpaired) electrons. The van der Waals surface area contributed by atoms with Crippen LogP contribution in [0.15, 0.2) is 39.4 Å². The maximum absolute atomic E-state index is 13.4. The Kier molecular flexibility index (Phi) is 6.47. The van der Waals surface area contributed by atoms with Gasteiger partial charge in [0.15, 0.2) is 0 Å². The molecular weight excluding hydrogens is 470 g/mol. The number of hydrogen-bond donors (Lipinski definition) is 0. The monoisotopic (exact) mass is 497 g/mol. The largest absolute Gasteiger partial charge is 0.307 e. The highest BCUT2D eigenvalue weighted by molar-refractivity contribution is 7.89. The molecule has 8 nitrogen and oxygen atoms in total. The van der Waals surface area contributed by atoms with Crippen LogP contribution in [0.3, 0.4) is 0 Å². The molecule has 2 aliphatic rings. The van der Waals surface area contributed by atoms with E-state index in [4.69, 9.17) is 0 Å². The van der Waals surface area contributed by atoms with Crippen LogP contribution in [0.1, 0.15) is 41.9 Å². The quantitative estimate of drug-likeness (QED) is 0.586. The van der Waals surface area contributed by atoms with Crippen LogP contribution in [0.5, 0.6) is 0 Å². The van der Waals surface area contributed by atoms with E-state index in [1.165, 1.54) is 20.7 Å². The fraction of sp³-hybridized carbons (Fsp3) is 0.476. The van der Waals surface area contributed by atoms with Crippen molar-refractivity contribution < 1.29 is 21.6 Å². The number of anilines is 1. The van der Waals surface area contributed by atoms with Crippen molar-refractivity contribution in [2.45, 2.75) is 42.9 Å². The van der Waals surface area contributed by atoms with Gasteiger partial charge in [-0.15, -0.1) is 11.3 Å². The number of thiophene rings is 1. The van der Waals surface area contributed by atoms with Crippen molar-refractivity contribution in [2.75, 3.05) is 37.6 Å². The number of rotatable bonds is 7. The maximum Gasteiger partial charge on any atom is 0.269 e. The minimum Gasteiger partial charge on any atom is -0.307 e. The Morgan fingerprint density at radius 1 is 1.03 bits per heavy atom. The van der Waals surface area contributed by atoms with Gasteiger partial charge >= 0.3 is 0 Å². The summed E-state index contributed by atoms with van der Waals surface area (Å²) in [7, 11) is -7.30. The number of carbonyl (C=O) groups is 1. The maximum atomic E-state index is 13.4. The van der Waals surface area contributed by atoms with Gasteiger partial charge in [0.1, 0.15) is 9.77 Å². The number of fused-ring (bicyclic) bond motifs is 1. The van der Waals surface area contributed by atoms with E-state index < -0.39 is 20.0 Å². The number of nitrogens with zero attached hydrogens (tertiary/aromatic N) is 3. The Labute approximate surface area is 193 Å².